The second-order valence-corrected chi connectivity index (χ2v) is 3.09. The highest BCUT2D eigenvalue weighted by molar-refractivity contribution is 5.62. The molecule has 76 valence electrons. The van der Waals surface area contributed by atoms with Gasteiger partial charge >= 0.3 is 0 Å². The zero-order valence-corrected chi connectivity index (χ0v) is 8.07. The standard InChI is InChI=1S/C8H18N4O/c1-13-12-7-8(6-11-12)5-10-4-2-3-9/h6,8,10H,2-5,7,9H2,1H3. The summed E-state index contributed by atoms with van der Waals surface area (Å²) in [4.78, 5) is 4.96. The number of nitrogens with one attached hydrogen (secondary N) is 1. The van der Waals surface area contributed by atoms with E-state index in [9.17, 15) is 0 Å². The van der Waals surface area contributed by atoms with Crippen molar-refractivity contribution in [3.63, 3.8) is 0 Å². The molecule has 0 aromatic heterocycles. The summed E-state index contributed by atoms with van der Waals surface area (Å²) in [5, 5.41) is 8.97. The van der Waals surface area contributed by atoms with Crippen molar-refractivity contribution in [1.29, 1.82) is 0 Å². The van der Waals surface area contributed by atoms with Gasteiger partial charge in [-0.05, 0) is 19.5 Å². The lowest BCUT2D eigenvalue weighted by Gasteiger charge is -2.12. The van der Waals surface area contributed by atoms with E-state index in [0.717, 1.165) is 32.6 Å². The van der Waals surface area contributed by atoms with Gasteiger partial charge in [0.1, 0.15) is 0 Å². The van der Waals surface area contributed by atoms with Crippen LogP contribution in [0, 0.1) is 5.92 Å². The van der Waals surface area contributed by atoms with Gasteiger partial charge in [0, 0.05) is 18.7 Å². The fourth-order valence-electron chi connectivity index (χ4n) is 1.22. The first kappa shape index (κ1) is 10.4. The van der Waals surface area contributed by atoms with Crippen LogP contribution in [0.1, 0.15) is 6.42 Å². The van der Waals surface area contributed by atoms with E-state index in [2.05, 4.69) is 10.4 Å². The summed E-state index contributed by atoms with van der Waals surface area (Å²) in [5.74, 6) is 0.456. The summed E-state index contributed by atoms with van der Waals surface area (Å²) in [5.41, 5.74) is 5.37. The number of rotatable bonds is 6. The van der Waals surface area contributed by atoms with Crippen LogP contribution in [0.25, 0.3) is 0 Å². The van der Waals surface area contributed by atoms with Gasteiger partial charge in [0.05, 0.1) is 13.7 Å². The molecule has 3 N–H and O–H groups in total. The third-order valence-electron chi connectivity index (χ3n) is 1.97. The van der Waals surface area contributed by atoms with Crippen LogP contribution < -0.4 is 11.1 Å². The molecule has 1 aliphatic heterocycles. The molecule has 0 radical (unpaired) electrons. The Morgan fingerprint density at radius 3 is 3.23 bits per heavy atom. The van der Waals surface area contributed by atoms with Gasteiger partial charge in [-0.15, -0.1) is 0 Å². The normalized spacial score (nSPS) is 21.4. The van der Waals surface area contributed by atoms with E-state index in [-0.39, 0.29) is 0 Å². The highest BCUT2D eigenvalue weighted by Gasteiger charge is 2.16. The molecule has 1 heterocycles. The Kier molecular flexibility index (Phi) is 4.74. The number of hydrogen-bond acceptors (Lipinski definition) is 5. The van der Waals surface area contributed by atoms with Crippen LogP contribution in [0.5, 0.6) is 0 Å². The Bertz CT molecular complexity index is 162. The summed E-state index contributed by atoms with van der Waals surface area (Å²) in [6.07, 6.45) is 2.94. The average Bonchev–Trinajstić information content (AvgIpc) is 2.60. The van der Waals surface area contributed by atoms with Crippen LogP contribution in [-0.2, 0) is 4.84 Å². The molecule has 13 heavy (non-hydrogen) atoms. The molecule has 0 fully saturated rings. The predicted molar refractivity (Wildman–Crippen MR) is 52.2 cm³/mol. The van der Waals surface area contributed by atoms with Gasteiger partial charge < -0.3 is 11.1 Å². The summed E-state index contributed by atoms with van der Waals surface area (Å²) < 4.78 is 0. The Labute approximate surface area is 78.9 Å². The molecule has 0 spiro atoms. The van der Waals surface area contributed by atoms with Gasteiger partial charge in [-0.2, -0.15) is 10.3 Å². The van der Waals surface area contributed by atoms with Crippen LogP contribution in [0.15, 0.2) is 5.10 Å². The third kappa shape index (κ3) is 3.71. The van der Waals surface area contributed by atoms with Gasteiger partial charge in [0.15, 0.2) is 0 Å². The predicted octanol–water partition coefficient (Wildman–Crippen LogP) is -0.596. The monoisotopic (exact) mass is 186 g/mol. The molecule has 0 aliphatic carbocycles. The van der Waals surface area contributed by atoms with Crippen LogP contribution in [-0.4, -0.2) is 44.7 Å². The highest BCUT2D eigenvalue weighted by Crippen LogP contribution is 2.05. The lowest BCUT2D eigenvalue weighted by atomic mass is 10.2. The first-order chi connectivity index (χ1) is 6.36. The summed E-state index contributed by atoms with van der Waals surface area (Å²) >= 11 is 0. The van der Waals surface area contributed by atoms with E-state index in [0.29, 0.717) is 5.92 Å². The van der Waals surface area contributed by atoms with Crippen LogP contribution in [0.4, 0.5) is 0 Å². The van der Waals surface area contributed by atoms with E-state index in [1.807, 2.05) is 6.21 Å². The first-order valence-electron chi connectivity index (χ1n) is 4.63. The second-order valence-electron chi connectivity index (χ2n) is 3.09. The molecule has 1 rings (SSSR count). The van der Waals surface area contributed by atoms with Gasteiger partial charge in [-0.25, -0.2) is 0 Å². The molecule has 0 amide bonds. The van der Waals surface area contributed by atoms with Crippen molar-refractivity contribution >= 4 is 6.21 Å². The van der Waals surface area contributed by atoms with E-state index >= 15 is 0 Å². The van der Waals surface area contributed by atoms with E-state index < -0.39 is 0 Å². The van der Waals surface area contributed by atoms with Gasteiger partial charge in [-0.1, -0.05) is 0 Å². The minimum atomic E-state index is 0.456. The lowest BCUT2D eigenvalue weighted by molar-refractivity contribution is -0.125. The Morgan fingerprint density at radius 2 is 2.62 bits per heavy atom. The molecule has 0 aromatic rings. The Balaban J connectivity index is 2.01. The summed E-state index contributed by atoms with van der Waals surface area (Å²) in [6.45, 7) is 3.51. The Morgan fingerprint density at radius 1 is 1.77 bits per heavy atom. The molecule has 0 saturated heterocycles. The lowest BCUT2D eigenvalue weighted by Crippen LogP contribution is -2.29. The fourth-order valence-corrected chi connectivity index (χ4v) is 1.22. The molecule has 5 nitrogen and oxygen atoms in total. The van der Waals surface area contributed by atoms with Crippen molar-refractivity contribution < 1.29 is 4.84 Å². The fraction of sp³-hybridized carbons (Fsp3) is 0.875. The number of nitrogens with two attached hydrogens (primary N) is 1. The maximum Gasteiger partial charge on any atom is 0.0738 e. The van der Waals surface area contributed by atoms with Crippen molar-refractivity contribution in [3.05, 3.63) is 0 Å². The number of nitrogens with zero attached hydrogens (tertiary/aromatic N) is 2. The topological polar surface area (TPSA) is 62.9 Å². The number of hydrogen-bond donors (Lipinski definition) is 2. The van der Waals surface area contributed by atoms with Crippen LogP contribution >= 0.6 is 0 Å². The molecule has 0 aromatic carbocycles. The molecule has 1 unspecified atom stereocenters. The quantitative estimate of drug-likeness (QED) is 0.544. The number of hydrazone groups is 1. The molecule has 1 aliphatic rings. The van der Waals surface area contributed by atoms with Gasteiger partial charge in [0.25, 0.3) is 0 Å². The SMILES string of the molecule is CON1CC(CNCCCN)C=N1. The molecule has 0 bridgehead atoms. The Hall–Kier alpha value is -0.650. The smallest absolute Gasteiger partial charge is 0.0738 e. The van der Waals surface area contributed by atoms with Crippen LogP contribution in [0.2, 0.25) is 0 Å². The largest absolute Gasteiger partial charge is 0.330 e. The van der Waals surface area contributed by atoms with Crippen molar-refractivity contribution in [1.82, 2.24) is 10.5 Å². The molecular weight excluding hydrogens is 168 g/mol. The first-order valence-corrected chi connectivity index (χ1v) is 4.63. The van der Waals surface area contributed by atoms with Crippen molar-refractivity contribution in [2.45, 2.75) is 6.42 Å². The third-order valence-corrected chi connectivity index (χ3v) is 1.97. The summed E-state index contributed by atoms with van der Waals surface area (Å²) in [7, 11) is 1.63. The van der Waals surface area contributed by atoms with Crippen molar-refractivity contribution in [2.24, 2.45) is 16.8 Å². The minimum Gasteiger partial charge on any atom is -0.330 e. The maximum atomic E-state index is 5.37. The highest BCUT2D eigenvalue weighted by atomic mass is 16.7. The van der Waals surface area contributed by atoms with Gasteiger partial charge in [-0.3, -0.25) is 4.84 Å². The van der Waals surface area contributed by atoms with E-state index in [4.69, 9.17) is 10.6 Å². The zero-order valence-electron chi connectivity index (χ0n) is 8.07. The molecule has 1 atom stereocenters. The minimum absolute atomic E-state index is 0.456. The van der Waals surface area contributed by atoms with Crippen LogP contribution in [0.3, 0.4) is 0 Å². The molecule has 0 saturated carbocycles. The average molecular weight is 186 g/mol. The second kappa shape index (κ2) is 5.90. The number of hydroxylamine groups is 1. The van der Waals surface area contributed by atoms with E-state index in [1.54, 1.807) is 12.3 Å². The maximum absolute atomic E-state index is 5.37. The van der Waals surface area contributed by atoms with Crippen molar-refractivity contribution in [2.75, 3.05) is 33.3 Å². The zero-order chi connectivity index (χ0) is 9.52. The van der Waals surface area contributed by atoms with Gasteiger partial charge in [0.2, 0.25) is 0 Å². The van der Waals surface area contributed by atoms with E-state index in [1.165, 1.54) is 0 Å². The van der Waals surface area contributed by atoms with Crippen molar-refractivity contribution in [3.8, 4) is 0 Å². The molecular formula is C8H18N4O. The summed E-state index contributed by atoms with van der Waals surface area (Å²) in [6, 6.07) is 0. The molecule has 5 heteroatoms.